The highest BCUT2D eigenvalue weighted by Crippen LogP contribution is 2.08. The minimum absolute atomic E-state index is 0.502. The van der Waals surface area contributed by atoms with Crippen molar-refractivity contribution in [1.29, 1.82) is 0 Å². The Bertz CT molecular complexity index is 185. The van der Waals surface area contributed by atoms with Crippen molar-refractivity contribution in [2.75, 3.05) is 7.11 Å². The van der Waals surface area contributed by atoms with Gasteiger partial charge < -0.3 is 20.7 Å². The van der Waals surface area contributed by atoms with Gasteiger partial charge in [-0.15, -0.1) is 0 Å². The molecular formula is C7H17BN2O3. The lowest BCUT2D eigenvalue weighted by Crippen LogP contribution is -2.61. The van der Waals surface area contributed by atoms with E-state index in [1.165, 1.54) is 7.11 Å². The molecule has 0 fully saturated rings. The molecule has 5 nitrogen and oxygen atoms in total. The molecule has 6 heteroatoms. The summed E-state index contributed by atoms with van der Waals surface area (Å²) >= 11 is 0. The Hall–Kier alpha value is -0.585. The molecule has 0 aromatic heterocycles. The van der Waals surface area contributed by atoms with Crippen molar-refractivity contribution in [2.45, 2.75) is 32.3 Å². The van der Waals surface area contributed by atoms with E-state index >= 15 is 0 Å². The number of hydrogen-bond acceptors (Lipinski definition) is 5. The number of hydrogen-bond donors (Lipinski definition) is 3. The van der Waals surface area contributed by atoms with Crippen LogP contribution in [0.15, 0.2) is 0 Å². The van der Waals surface area contributed by atoms with E-state index < -0.39 is 24.6 Å². The first-order valence-corrected chi connectivity index (χ1v) is 4.10. The van der Waals surface area contributed by atoms with Gasteiger partial charge in [0.1, 0.15) is 6.04 Å². The van der Waals surface area contributed by atoms with Crippen molar-refractivity contribution in [3.63, 3.8) is 0 Å². The number of esters is 1. The Morgan fingerprint density at radius 1 is 1.69 bits per heavy atom. The summed E-state index contributed by atoms with van der Waals surface area (Å²) < 4.78 is 4.49. The number of rotatable bonds is 4. The molecule has 13 heavy (non-hydrogen) atoms. The van der Waals surface area contributed by atoms with Gasteiger partial charge in [-0.1, -0.05) is 0 Å². The number of carbonyl (C=O) groups excluding carboxylic acids is 1. The number of nitrogens with two attached hydrogens (primary N) is 1. The summed E-state index contributed by atoms with van der Waals surface area (Å²) in [5.74, 6) is -0.502. The largest absolute Gasteiger partial charge is 0.468 e. The predicted octanol–water partition coefficient (Wildman–Crippen LogP) is -1.03. The summed E-state index contributed by atoms with van der Waals surface area (Å²) in [4.78, 5) is 11.1. The molecule has 0 amide bonds. The van der Waals surface area contributed by atoms with Crippen molar-refractivity contribution in [2.24, 2.45) is 5.73 Å². The minimum Gasteiger partial charge on any atom is -0.468 e. The van der Waals surface area contributed by atoms with Gasteiger partial charge in [0.25, 0.3) is 0 Å². The normalized spacial score (nSPS) is 13.7. The van der Waals surface area contributed by atoms with Crippen LogP contribution in [0.2, 0.25) is 6.82 Å². The molecule has 0 aliphatic rings. The van der Waals surface area contributed by atoms with Gasteiger partial charge in [-0.3, -0.25) is 4.79 Å². The van der Waals surface area contributed by atoms with E-state index in [2.05, 4.69) is 9.96 Å². The monoisotopic (exact) mass is 188 g/mol. The lowest BCUT2D eigenvalue weighted by molar-refractivity contribution is -0.143. The van der Waals surface area contributed by atoms with Crippen molar-refractivity contribution < 1.29 is 14.6 Å². The van der Waals surface area contributed by atoms with Crippen molar-refractivity contribution in [1.82, 2.24) is 5.23 Å². The maximum Gasteiger partial charge on any atom is 0.374 e. The molecule has 0 rings (SSSR count). The van der Waals surface area contributed by atoms with Crippen LogP contribution in [-0.2, 0) is 9.53 Å². The second-order valence-corrected chi connectivity index (χ2v) is 3.54. The number of nitrogens with one attached hydrogen (secondary N) is 1. The molecule has 0 heterocycles. The Morgan fingerprint density at radius 3 is 2.46 bits per heavy atom. The lowest BCUT2D eigenvalue weighted by atomic mass is 9.81. The third kappa shape index (κ3) is 3.76. The molecule has 0 saturated carbocycles. The first-order valence-electron chi connectivity index (χ1n) is 4.10. The van der Waals surface area contributed by atoms with E-state index in [9.17, 15) is 4.79 Å². The van der Waals surface area contributed by atoms with Crippen LogP contribution in [0.1, 0.15) is 13.8 Å². The standard InChI is InChI=1S/C7H17BN2O3/c1-7(2,10-8(3)12)5(9)6(11)13-4/h5,10,12H,9H2,1-4H3/t5-/m0/s1. The van der Waals surface area contributed by atoms with Gasteiger partial charge in [-0.2, -0.15) is 0 Å². The molecule has 4 N–H and O–H groups in total. The van der Waals surface area contributed by atoms with E-state index in [-0.39, 0.29) is 0 Å². The summed E-state index contributed by atoms with van der Waals surface area (Å²) in [5, 5.41) is 11.8. The molecule has 0 aromatic rings. The second kappa shape index (κ2) is 4.60. The van der Waals surface area contributed by atoms with Crippen LogP contribution in [0, 0.1) is 0 Å². The van der Waals surface area contributed by atoms with Crippen LogP contribution in [0.5, 0.6) is 0 Å². The highest BCUT2D eigenvalue weighted by Gasteiger charge is 2.34. The minimum atomic E-state index is -0.799. The SMILES string of the molecule is COC(=O)[C@H](N)C(C)(C)NB(C)O. The quantitative estimate of drug-likeness (QED) is 0.387. The fourth-order valence-corrected chi connectivity index (χ4v) is 1.05. The van der Waals surface area contributed by atoms with Crippen molar-refractivity contribution in [3.8, 4) is 0 Å². The molecule has 0 saturated heterocycles. The summed E-state index contributed by atoms with van der Waals surface area (Å²) in [7, 11) is 0.561. The first kappa shape index (κ1) is 12.4. The van der Waals surface area contributed by atoms with Crippen LogP contribution in [0.4, 0.5) is 0 Å². The van der Waals surface area contributed by atoms with Gasteiger partial charge in [-0.05, 0) is 20.7 Å². The van der Waals surface area contributed by atoms with Crippen LogP contribution in [-0.4, -0.2) is 36.7 Å². The third-order valence-electron chi connectivity index (χ3n) is 1.81. The molecule has 0 aliphatic carbocycles. The number of methoxy groups -OCH3 is 1. The summed E-state index contributed by atoms with van der Waals surface area (Å²) in [6.07, 6.45) is 0. The van der Waals surface area contributed by atoms with Crippen LogP contribution in [0.25, 0.3) is 0 Å². The average Bonchev–Trinajstić information content (AvgIpc) is 1.99. The highest BCUT2D eigenvalue weighted by molar-refractivity contribution is 6.45. The van der Waals surface area contributed by atoms with Crippen LogP contribution >= 0.6 is 0 Å². The van der Waals surface area contributed by atoms with Crippen molar-refractivity contribution in [3.05, 3.63) is 0 Å². The van der Waals surface area contributed by atoms with Gasteiger partial charge >= 0.3 is 13.0 Å². The van der Waals surface area contributed by atoms with E-state index in [1.54, 1.807) is 20.7 Å². The maximum absolute atomic E-state index is 11.1. The molecular weight excluding hydrogens is 171 g/mol. The van der Waals surface area contributed by atoms with E-state index in [1.807, 2.05) is 0 Å². The molecule has 0 unspecified atom stereocenters. The molecule has 0 aliphatic heterocycles. The molecule has 76 valence electrons. The Morgan fingerprint density at radius 2 is 2.15 bits per heavy atom. The first-order chi connectivity index (χ1) is 5.81. The summed E-state index contributed by atoms with van der Waals surface area (Å²) in [6.45, 7) is 5.01. The summed E-state index contributed by atoms with van der Waals surface area (Å²) in [5.41, 5.74) is 4.91. The zero-order valence-electron chi connectivity index (χ0n) is 8.50. The lowest BCUT2D eigenvalue weighted by Gasteiger charge is -2.31. The smallest absolute Gasteiger partial charge is 0.374 e. The van der Waals surface area contributed by atoms with Gasteiger partial charge in [0, 0.05) is 5.54 Å². The number of ether oxygens (including phenoxy) is 1. The second-order valence-electron chi connectivity index (χ2n) is 3.54. The molecule has 0 radical (unpaired) electrons. The van der Waals surface area contributed by atoms with Crippen LogP contribution in [0.3, 0.4) is 0 Å². The topological polar surface area (TPSA) is 84.6 Å². The van der Waals surface area contributed by atoms with Crippen LogP contribution < -0.4 is 11.0 Å². The number of carbonyl (C=O) groups is 1. The third-order valence-corrected chi connectivity index (χ3v) is 1.81. The predicted molar refractivity (Wildman–Crippen MR) is 51.0 cm³/mol. The van der Waals surface area contributed by atoms with Crippen molar-refractivity contribution >= 4 is 13.0 Å². The zero-order chi connectivity index (χ0) is 10.6. The highest BCUT2D eigenvalue weighted by atomic mass is 16.5. The van der Waals surface area contributed by atoms with Gasteiger partial charge in [0.05, 0.1) is 7.11 Å². The fraction of sp³-hybridized carbons (Fsp3) is 0.857. The maximum atomic E-state index is 11.1. The molecule has 0 aromatic carbocycles. The van der Waals surface area contributed by atoms with E-state index in [0.717, 1.165) is 0 Å². The van der Waals surface area contributed by atoms with Gasteiger partial charge in [-0.25, -0.2) is 0 Å². The zero-order valence-corrected chi connectivity index (χ0v) is 8.50. The van der Waals surface area contributed by atoms with E-state index in [0.29, 0.717) is 0 Å². The summed E-state index contributed by atoms with van der Waals surface area (Å²) in [6, 6.07) is -0.799. The van der Waals surface area contributed by atoms with E-state index in [4.69, 9.17) is 10.8 Å². The van der Waals surface area contributed by atoms with Gasteiger partial charge in [0.2, 0.25) is 0 Å². The average molecular weight is 188 g/mol. The molecule has 1 atom stereocenters. The molecule has 0 spiro atoms. The Kier molecular flexibility index (Phi) is 4.39. The Balaban J connectivity index is 4.34. The Labute approximate surface area is 78.8 Å². The van der Waals surface area contributed by atoms with Gasteiger partial charge in [0.15, 0.2) is 0 Å². The molecule has 0 bridgehead atoms. The fourth-order valence-electron chi connectivity index (χ4n) is 1.05.